The molecule has 1 aliphatic rings. The summed E-state index contributed by atoms with van der Waals surface area (Å²) in [4.78, 5) is 26.9. The summed E-state index contributed by atoms with van der Waals surface area (Å²) in [6.45, 7) is 4.83. The number of carboxylic acid groups (broad SMARTS) is 1. The molecule has 1 rings (SSSR count). The van der Waals surface area contributed by atoms with E-state index in [1.807, 2.05) is 20.2 Å². The summed E-state index contributed by atoms with van der Waals surface area (Å²) < 4.78 is 0. The van der Waals surface area contributed by atoms with Gasteiger partial charge in [0.25, 0.3) is 0 Å². The van der Waals surface area contributed by atoms with Gasteiger partial charge >= 0.3 is 12.0 Å². The summed E-state index contributed by atoms with van der Waals surface area (Å²) in [6, 6.07) is 0.165. The molecule has 0 aliphatic carbocycles. The molecule has 0 aromatic heterocycles. The highest BCUT2D eigenvalue weighted by Gasteiger charge is 2.38. The zero-order valence-electron chi connectivity index (χ0n) is 12.1. The SMILES string of the molecule is CCC(CSC)N(C)C(=O)N1CC(C)C(C(=O)O)C1. The average Bonchev–Trinajstić information content (AvgIpc) is 2.76. The maximum atomic E-state index is 12.4. The third kappa shape index (κ3) is 3.78. The molecule has 1 aliphatic heterocycles. The van der Waals surface area contributed by atoms with E-state index in [4.69, 9.17) is 5.11 Å². The molecular weight excluding hydrogens is 264 g/mol. The van der Waals surface area contributed by atoms with E-state index < -0.39 is 11.9 Å². The van der Waals surface area contributed by atoms with Crippen LogP contribution >= 0.6 is 11.8 Å². The normalized spacial score (nSPS) is 24.3. The number of nitrogens with zero attached hydrogens (tertiary/aromatic N) is 2. The molecule has 3 atom stereocenters. The number of hydrogen-bond donors (Lipinski definition) is 1. The van der Waals surface area contributed by atoms with E-state index in [0.29, 0.717) is 13.1 Å². The second kappa shape index (κ2) is 7.03. The van der Waals surface area contributed by atoms with Gasteiger partial charge in [0.2, 0.25) is 0 Å². The zero-order chi connectivity index (χ0) is 14.6. The third-order valence-corrected chi connectivity index (χ3v) is 4.60. The highest BCUT2D eigenvalue weighted by Crippen LogP contribution is 2.24. The van der Waals surface area contributed by atoms with Crippen molar-refractivity contribution in [1.82, 2.24) is 9.80 Å². The van der Waals surface area contributed by atoms with Crippen molar-refractivity contribution in [1.29, 1.82) is 0 Å². The monoisotopic (exact) mass is 288 g/mol. The first-order valence-corrected chi connectivity index (χ1v) is 8.05. The predicted octanol–water partition coefficient (Wildman–Crippen LogP) is 1.83. The Morgan fingerprint density at radius 1 is 1.47 bits per heavy atom. The van der Waals surface area contributed by atoms with Crippen molar-refractivity contribution in [2.24, 2.45) is 11.8 Å². The average molecular weight is 288 g/mol. The Kier molecular flexibility index (Phi) is 5.97. The Hall–Kier alpha value is -0.910. The Bertz CT molecular complexity index is 338. The van der Waals surface area contributed by atoms with Crippen LogP contribution in [0.15, 0.2) is 0 Å². The van der Waals surface area contributed by atoms with Crippen LogP contribution in [0.25, 0.3) is 0 Å². The number of carbonyl (C=O) groups excluding carboxylic acids is 1. The lowest BCUT2D eigenvalue weighted by Crippen LogP contribution is -2.46. The molecule has 1 N–H and O–H groups in total. The minimum Gasteiger partial charge on any atom is -0.481 e. The molecule has 0 radical (unpaired) electrons. The minimum atomic E-state index is -0.804. The fourth-order valence-electron chi connectivity index (χ4n) is 2.52. The highest BCUT2D eigenvalue weighted by atomic mass is 32.2. The van der Waals surface area contributed by atoms with Gasteiger partial charge < -0.3 is 14.9 Å². The Labute approximate surface area is 119 Å². The quantitative estimate of drug-likeness (QED) is 0.838. The molecule has 6 heteroatoms. The summed E-state index contributed by atoms with van der Waals surface area (Å²) in [5.74, 6) is -0.306. The first-order valence-electron chi connectivity index (χ1n) is 6.65. The van der Waals surface area contributed by atoms with Gasteiger partial charge in [-0.1, -0.05) is 13.8 Å². The van der Waals surface area contributed by atoms with Crippen LogP contribution in [-0.4, -0.2) is 65.1 Å². The molecule has 0 bridgehead atoms. The van der Waals surface area contributed by atoms with Crippen LogP contribution in [-0.2, 0) is 4.79 Å². The third-order valence-electron chi connectivity index (χ3n) is 3.88. The topological polar surface area (TPSA) is 60.9 Å². The number of rotatable bonds is 5. The summed E-state index contributed by atoms with van der Waals surface area (Å²) >= 11 is 1.72. The lowest BCUT2D eigenvalue weighted by atomic mass is 9.99. The molecule has 0 aromatic carbocycles. The van der Waals surface area contributed by atoms with E-state index in [-0.39, 0.29) is 18.0 Å². The van der Waals surface area contributed by atoms with E-state index >= 15 is 0 Å². The summed E-state index contributed by atoms with van der Waals surface area (Å²) in [6.07, 6.45) is 2.94. The maximum Gasteiger partial charge on any atom is 0.320 e. The van der Waals surface area contributed by atoms with Crippen molar-refractivity contribution in [3.05, 3.63) is 0 Å². The van der Waals surface area contributed by atoms with Crippen LogP contribution in [0.3, 0.4) is 0 Å². The molecule has 19 heavy (non-hydrogen) atoms. The predicted molar refractivity (Wildman–Crippen MR) is 77.5 cm³/mol. The molecule has 1 saturated heterocycles. The van der Waals surface area contributed by atoms with Crippen molar-refractivity contribution in [3.63, 3.8) is 0 Å². The number of aliphatic carboxylic acids is 1. The van der Waals surface area contributed by atoms with Crippen LogP contribution in [0.5, 0.6) is 0 Å². The van der Waals surface area contributed by atoms with Crippen molar-refractivity contribution >= 4 is 23.8 Å². The molecule has 0 saturated carbocycles. The van der Waals surface area contributed by atoms with Crippen molar-refractivity contribution in [2.45, 2.75) is 26.3 Å². The highest BCUT2D eigenvalue weighted by molar-refractivity contribution is 7.98. The standard InChI is InChI=1S/C13H24N2O3S/c1-5-10(8-19-4)14(3)13(18)15-6-9(2)11(7-15)12(16)17/h9-11H,5-8H2,1-4H3,(H,16,17). The molecule has 0 aromatic rings. The zero-order valence-corrected chi connectivity index (χ0v) is 12.9. The number of thioether (sulfide) groups is 1. The molecule has 1 fully saturated rings. The fraction of sp³-hybridized carbons (Fsp3) is 0.846. The largest absolute Gasteiger partial charge is 0.481 e. The molecule has 1 heterocycles. The van der Waals surface area contributed by atoms with Gasteiger partial charge in [0.1, 0.15) is 0 Å². The van der Waals surface area contributed by atoms with Crippen LogP contribution in [0.1, 0.15) is 20.3 Å². The second-order valence-corrected chi connectivity index (χ2v) is 6.15. The minimum absolute atomic E-state index is 0.0236. The van der Waals surface area contributed by atoms with Gasteiger partial charge in [0.15, 0.2) is 0 Å². The second-order valence-electron chi connectivity index (χ2n) is 5.24. The van der Waals surface area contributed by atoms with Gasteiger partial charge in [-0.3, -0.25) is 4.79 Å². The van der Waals surface area contributed by atoms with Crippen LogP contribution in [0.2, 0.25) is 0 Å². The lowest BCUT2D eigenvalue weighted by molar-refractivity contribution is -0.142. The first kappa shape index (κ1) is 16.1. The Morgan fingerprint density at radius 3 is 2.53 bits per heavy atom. The van der Waals surface area contributed by atoms with Crippen molar-refractivity contribution in [3.8, 4) is 0 Å². The maximum absolute atomic E-state index is 12.4. The first-order chi connectivity index (χ1) is 8.92. The van der Waals surface area contributed by atoms with Gasteiger partial charge in [-0.2, -0.15) is 11.8 Å². The number of amides is 2. The molecular formula is C13H24N2O3S. The molecule has 0 spiro atoms. The van der Waals surface area contributed by atoms with E-state index in [2.05, 4.69) is 6.92 Å². The lowest BCUT2D eigenvalue weighted by Gasteiger charge is -2.31. The summed E-state index contributed by atoms with van der Waals surface area (Å²) in [7, 11) is 1.81. The number of likely N-dealkylation sites (tertiary alicyclic amines) is 1. The molecule has 110 valence electrons. The Balaban J connectivity index is 2.65. The van der Waals surface area contributed by atoms with Gasteiger partial charge in [0, 0.05) is 31.9 Å². The van der Waals surface area contributed by atoms with Gasteiger partial charge in [-0.15, -0.1) is 0 Å². The van der Waals surface area contributed by atoms with Crippen LogP contribution in [0.4, 0.5) is 4.79 Å². The summed E-state index contributed by atoms with van der Waals surface area (Å²) in [5, 5.41) is 9.11. The number of hydrogen-bond acceptors (Lipinski definition) is 3. The molecule has 2 amide bonds. The van der Waals surface area contributed by atoms with Gasteiger partial charge in [-0.05, 0) is 18.6 Å². The van der Waals surface area contributed by atoms with E-state index in [9.17, 15) is 9.59 Å². The molecule has 3 unspecified atom stereocenters. The van der Waals surface area contributed by atoms with Crippen LogP contribution in [0, 0.1) is 11.8 Å². The summed E-state index contributed by atoms with van der Waals surface area (Å²) in [5.41, 5.74) is 0. The molecule has 5 nitrogen and oxygen atoms in total. The van der Waals surface area contributed by atoms with Crippen molar-refractivity contribution in [2.75, 3.05) is 32.1 Å². The van der Waals surface area contributed by atoms with E-state index in [0.717, 1.165) is 12.2 Å². The smallest absolute Gasteiger partial charge is 0.320 e. The van der Waals surface area contributed by atoms with E-state index in [1.165, 1.54) is 0 Å². The number of carbonyl (C=O) groups is 2. The van der Waals surface area contributed by atoms with Gasteiger partial charge in [-0.25, -0.2) is 4.79 Å². The number of urea groups is 1. The van der Waals surface area contributed by atoms with Gasteiger partial charge in [0.05, 0.1) is 5.92 Å². The van der Waals surface area contributed by atoms with E-state index in [1.54, 1.807) is 21.6 Å². The van der Waals surface area contributed by atoms with Crippen molar-refractivity contribution < 1.29 is 14.7 Å². The fourth-order valence-corrected chi connectivity index (χ4v) is 3.36. The Morgan fingerprint density at radius 2 is 2.11 bits per heavy atom. The number of carboxylic acids is 1. The van der Waals surface area contributed by atoms with Crippen LogP contribution < -0.4 is 0 Å².